The second kappa shape index (κ2) is 2.39. The highest BCUT2D eigenvalue weighted by Crippen LogP contribution is 2.89. The Balaban J connectivity index is 1.90. The first-order chi connectivity index (χ1) is 8.10. The molecule has 0 aromatic heterocycles. The third-order valence-electron chi connectivity index (χ3n) is 4.42. The molecule has 3 atom stereocenters. The average molecular weight is 233 g/mol. The van der Waals surface area contributed by atoms with Crippen LogP contribution in [0, 0.1) is 17.2 Å². The molecule has 3 aliphatic rings. The molecule has 4 nitrogen and oxygen atoms in total. The highest BCUT2D eigenvalue weighted by Gasteiger charge is 2.92. The maximum absolute atomic E-state index is 13.9. The summed E-state index contributed by atoms with van der Waals surface area (Å²) >= 11 is 0. The van der Waals surface area contributed by atoms with Crippen LogP contribution in [0.5, 0.6) is 0 Å². The quantitative estimate of drug-likeness (QED) is 0.710. The first-order valence-corrected chi connectivity index (χ1v) is 5.64. The minimum atomic E-state index is -0.491. The van der Waals surface area contributed by atoms with Crippen LogP contribution in [0.3, 0.4) is 0 Å². The Kier molecular flexibility index (Phi) is 1.31. The monoisotopic (exact) mass is 233 g/mol. The maximum atomic E-state index is 13.9. The third-order valence-corrected chi connectivity index (χ3v) is 4.42. The summed E-state index contributed by atoms with van der Waals surface area (Å²) in [6.07, 6.45) is 1.04. The van der Waals surface area contributed by atoms with E-state index < -0.39 is 5.54 Å². The molecule has 2 unspecified atom stereocenters. The summed E-state index contributed by atoms with van der Waals surface area (Å²) in [7, 11) is 0. The fourth-order valence-electron chi connectivity index (χ4n) is 3.36. The summed E-state index contributed by atoms with van der Waals surface area (Å²) < 4.78 is 19.2. The average Bonchev–Trinajstić information content (AvgIpc) is 3.14. The van der Waals surface area contributed by atoms with Gasteiger partial charge >= 0.3 is 0 Å². The zero-order valence-corrected chi connectivity index (χ0v) is 9.11. The van der Waals surface area contributed by atoms with E-state index in [1.54, 1.807) is 12.1 Å². The van der Waals surface area contributed by atoms with Crippen LogP contribution in [0.4, 0.5) is 10.1 Å². The molecule has 4 rings (SSSR count). The van der Waals surface area contributed by atoms with E-state index in [0.717, 1.165) is 6.42 Å². The fourth-order valence-corrected chi connectivity index (χ4v) is 3.36. The Hall–Kier alpha value is -1.78. The van der Waals surface area contributed by atoms with E-state index in [-0.39, 0.29) is 17.3 Å². The summed E-state index contributed by atoms with van der Waals surface area (Å²) in [5, 5.41) is 0. The number of hydrogen-bond acceptors (Lipinski definition) is 4. The maximum Gasteiger partial charge on any atom is 0.282 e. The Morgan fingerprint density at radius 3 is 3.00 bits per heavy atom. The number of nitrogen functional groups attached to an aromatic ring is 1. The summed E-state index contributed by atoms with van der Waals surface area (Å²) in [5.74, 6) is 0.108. The highest BCUT2D eigenvalue weighted by molar-refractivity contribution is 5.76. The van der Waals surface area contributed by atoms with Gasteiger partial charge in [-0.15, -0.1) is 0 Å². The molecule has 1 aromatic carbocycles. The zero-order chi connectivity index (χ0) is 11.8. The van der Waals surface area contributed by atoms with Crippen molar-refractivity contribution in [1.82, 2.24) is 0 Å². The predicted molar refractivity (Wildman–Crippen MR) is 60.6 cm³/mol. The fraction of sp³-hybridized carbons (Fsp3) is 0.417. The molecule has 2 fully saturated rings. The number of fused-ring (bicyclic) bond motifs is 1. The van der Waals surface area contributed by atoms with Crippen LogP contribution in [-0.2, 0) is 10.3 Å². The SMILES string of the molecule is NC1=N[C@@]2(c3cc(N)ccc3F)C3CC32CO1. The number of ether oxygens (including phenoxy) is 1. The molecule has 0 bridgehead atoms. The van der Waals surface area contributed by atoms with E-state index in [1.165, 1.54) is 6.07 Å². The molecule has 0 amide bonds. The molecule has 88 valence electrons. The van der Waals surface area contributed by atoms with Crippen LogP contribution in [0.15, 0.2) is 23.2 Å². The summed E-state index contributed by atoms with van der Waals surface area (Å²) in [5.41, 5.74) is 12.0. The molecule has 0 radical (unpaired) electrons. The zero-order valence-electron chi connectivity index (χ0n) is 9.11. The molecular formula is C12H12FN3O. The van der Waals surface area contributed by atoms with Gasteiger partial charge in [-0.25, -0.2) is 9.38 Å². The van der Waals surface area contributed by atoms with Gasteiger partial charge < -0.3 is 16.2 Å². The van der Waals surface area contributed by atoms with Gasteiger partial charge in [-0.2, -0.15) is 0 Å². The molecule has 1 heterocycles. The molecule has 1 spiro atoms. The Morgan fingerprint density at radius 2 is 2.24 bits per heavy atom. The van der Waals surface area contributed by atoms with E-state index in [0.29, 0.717) is 23.8 Å². The van der Waals surface area contributed by atoms with Gasteiger partial charge in [-0.3, -0.25) is 0 Å². The first-order valence-electron chi connectivity index (χ1n) is 5.64. The van der Waals surface area contributed by atoms with E-state index in [1.807, 2.05) is 0 Å². The first kappa shape index (κ1) is 9.27. The van der Waals surface area contributed by atoms with Gasteiger partial charge in [-0.05, 0) is 24.6 Å². The minimum Gasteiger partial charge on any atom is -0.465 e. The van der Waals surface area contributed by atoms with Crippen molar-refractivity contribution in [3.63, 3.8) is 0 Å². The lowest BCUT2D eigenvalue weighted by Gasteiger charge is -2.28. The van der Waals surface area contributed by atoms with Gasteiger partial charge in [0.25, 0.3) is 6.02 Å². The van der Waals surface area contributed by atoms with Crippen LogP contribution in [0.1, 0.15) is 12.0 Å². The highest BCUT2D eigenvalue weighted by atomic mass is 19.1. The summed E-state index contributed by atoms with van der Waals surface area (Å²) in [6, 6.07) is 4.78. The van der Waals surface area contributed by atoms with Gasteiger partial charge in [0.2, 0.25) is 0 Å². The predicted octanol–water partition coefficient (Wildman–Crippen LogP) is 0.968. The van der Waals surface area contributed by atoms with Crippen molar-refractivity contribution in [3.05, 3.63) is 29.6 Å². The van der Waals surface area contributed by atoms with Crippen molar-refractivity contribution >= 4 is 11.7 Å². The van der Waals surface area contributed by atoms with Crippen molar-refractivity contribution in [2.45, 2.75) is 12.0 Å². The van der Waals surface area contributed by atoms with Gasteiger partial charge in [0.15, 0.2) is 0 Å². The second-order valence-electron chi connectivity index (χ2n) is 5.16. The normalized spacial score (nSPS) is 40.8. The Bertz CT molecular complexity index is 573. The largest absolute Gasteiger partial charge is 0.465 e. The molecule has 4 N–H and O–H groups in total. The Morgan fingerprint density at radius 1 is 1.41 bits per heavy atom. The standard InChI is InChI=1S/C12H12FN3O/c13-8-2-1-6(14)3-7(8)12-9-4-11(9,12)5-17-10(15)16-12/h1-3,9H,4-5,14H2,(H2,15,16)/t9?,11?,12-/m0/s1. The van der Waals surface area contributed by atoms with Crippen LogP contribution < -0.4 is 11.5 Å². The molecule has 5 heteroatoms. The Labute approximate surface area is 97.5 Å². The number of amidine groups is 1. The topological polar surface area (TPSA) is 73.6 Å². The molecule has 1 aliphatic heterocycles. The van der Waals surface area contributed by atoms with Crippen molar-refractivity contribution in [1.29, 1.82) is 0 Å². The van der Waals surface area contributed by atoms with Crippen molar-refractivity contribution in [3.8, 4) is 0 Å². The van der Waals surface area contributed by atoms with Crippen molar-refractivity contribution < 1.29 is 9.13 Å². The number of benzene rings is 1. The lowest BCUT2D eigenvalue weighted by atomic mass is 9.88. The molecule has 2 aliphatic carbocycles. The number of aliphatic imine (C=N–C) groups is 1. The second-order valence-corrected chi connectivity index (χ2v) is 5.16. The summed E-state index contributed by atoms with van der Waals surface area (Å²) in [6.45, 7) is 0.543. The van der Waals surface area contributed by atoms with Gasteiger partial charge in [0, 0.05) is 22.6 Å². The van der Waals surface area contributed by atoms with Gasteiger partial charge in [-0.1, -0.05) is 0 Å². The molecule has 17 heavy (non-hydrogen) atoms. The van der Waals surface area contributed by atoms with E-state index >= 15 is 0 Å². The number of hydrogen-bond donors (Lipinski definition) is 2. The van der Waals surface area contributed by atoms with Crippen LogP contribution >= 0.6 is 0 Å². The number of anilines is 1. The molecule has 1 aromatic rings. The number of halogens is 1. The minimum absolute atomic E-state index is 0.00942. The number of rotatable bonds is 1. The molecular weight excluding hydrogens is 221 g/mol. The van der Waals surface area contributed by atoms with E-state index in [9.17, 15) is 4.39 Å². The van der Waals surface area contributed by atoms with Gasteiger partial charge in [0.05, 0.1) is 0 Å². The van der Waals surface area contributed by atoms with Crippen molar-refractivity contribution in [2.75, 3.05) is 12.3 Å². The smallest absolute Gasteiger partial charge is 0.282 e. The molecule has 0 saturated heterocycles. The van der Waals surface area contributed by atoms with Crippen LogP contribution in [0.2, 0.25) is 0 Å². The molecule has 2 saturated carbocycles. The number of nitrogens with two attached hydrogens (primary N) is 2. The van der Waals surface area contributed by atoms with E-state index in [2.05, 4.69) is 4.99 Å². The third kappa shape index (κ3) is 0.842. The lowest BCUT2D eigenvalue weighted by Crippen LogP contribution is -2.35. The van der Waals surface area contributed by atoms with Crippen molar-refractivity contribution in [2.24, 2.45) is 22.1 Å². The summed E-state index contributed by atoms with van der Waals surface area (Å²) in [4.78, 5) is 4.36. The lowest BCUT2D eigenvalue weighted by molar-refractivity contribution is 0.191. The number of nitrogens with zero attached hydrogens (tertiary/aromatic N) is 1. The van der Waals surface area contributed by atoms with Crippen LogP contribution in [-0.4, -0.2) is 12.6 Å². The van der Waals surface area contributed by atoms with Gasteiger partial charge in [0.1, 0.15) is 18.0 Å². The van der Waals surface area contributed by atoms with Crippen LogP contribution in [0.25, 0.3) is 0 Å². The van der Waals surface area contributed by atoms with E-state index in [4.69, 9.17) is 16.2 Å².